The molecule has 0 saturated carbocycles. The summed E-state index contributed by atoms with van der Waals surface area (Å²) in [5, 5.41) is 0. The van der Waals surface area contributed by atoms with Gasteiger partial charge in [-0.3, -0.25) is 9.62 Å². The van der Waals surface area contributed by atoms with Gasteiger partial charge in [0.1, 0.15) is 5.75 Å². The first kappa shape index (κ1) is 24.2. The summed E-state index contributed by atoms with van der Waals surface area (Å²) in [6.45, 7) is 7.96. The van der Waals surface area contributed by atoms with E-state index < -0.39 is 23.0 Å². The standard InChI is InChI=1S/C22H34F3N3O2S/c1-21(2)9-5-10-28(15-21)14-19-20(27-31(19)26-3)16-7-8-18(30-12-6-11-29-4)17(13-16)22(23,24)25/h7-8,13,26-27,31H,5-6,9-12,14-15H2,1-4H3. The molecule has 5 nitrogen and oxygen atoms in total. The van der Waals surface area contributed by atoms with E-state index >= 15 is 0 Å². The van der Waals surface area contributed by atoms with Crippen molar-refractivity contribution in [1.29, 1.82) is 0 Å². The van der Waals surface area contributed by atoms with E-state index in [2.05, 4.69) is 28.2 Å². The van der Waals surface area contributed by atoms with Crippen LogP contribution in [0.5, 0.6) is 5.75 Å². The van der Waals surface area contributed by atoms with Gasteiger partial charge in [0.25, 0.3) is 0 Å². The largest absolute Gasteiger partial charge is 0.493 e. The fraction of sp³-hybridized carbons (Fsp3) is 0.636. The Morgan fingerprint density at radius 2 is 2.03 bits per heavy atom. The number of likely N-dealkylation sites (tertiary alicyclic amines) is 1. The molecule has 0 amide bonds. The number of hydrogen-bond acceptors (Lipinski definition) is 5. The van der Waals surface area contributed by atoms with Crippen LogP contribution < -0.4 is 14.2 Å². The Bertz CT molecular complexity index is 799. The summed E-state index contributed by atoms with van der Waals surface area (Å²) >= 11 is -0.725. The highest BCUT2D eigenvalue weighted by Crippen LogP contribution is 2.47. The average Bonchev–Trinajstić information content (AvgIpc) is 2.68. The molecule has 1 saturated heterocycles. The number of piperidine rings is 1. The third kappa shape index (κ3) is 6.09. The monoisotopic (exact) mass is 461 g/mol. The van der Waals surface area contributed by atoms with Crippen LogP contribution in [0.2, 0.25) is 0 Å². The third-order valence-corrected chi connectivity index (χ3v) is 7.48. The Morgan fingerprint density at radius 1 is 1.26 bits per heavy atom. The second-order valence-corrected chi connectivity index (χ2v) is 10.8. The molecule has 0 aromatic heterocycles. The second-order valence-electron chi connectivity index (χ2n) is 8.87. The molecule has 9 heteroatoms. The lowest BCUT2D eigenvalue weighted by molar-refractivity contribution is -0.139. The molecule has 0 bridgehead atoms. The van der Waals surface area contributed by atoms with E-state index in [4.69, 9.17) is 9.47 Å². The second kappa shape index (κ2) is 10.0. The zero-order chi connectivity index (χ0) is 22.6. The molecule has 0 spiro atoms. The van der Waals surface area contributed by atoms with E-state index in [0.29, 0.717) is 18.6 Å². The number of methoxy groups -OCH3 is 1. The van der Waals surface area contributed by atoms with Crippen molar-refractivity contribution in [2.24, 2.45) is 5.41 Å². The molecular formula is C22H34F3N3O2S. The number of ether oxygens (including phenoxy) is 2. The molecule has 0 aliphatic carbocycles. The van der Waals surface area contributed by atoms with Gasteiger partial charge in [-0.25, -0.2) is 0 Å². The Hall–Kier alpha value is -1.42. The molecule has 176 valence electrons. The van der Waals surface area contributed by atoms with Gasteiger partial charge in [-0.1, -0.05) is 25.1 Å². The van der Waals surface area contributed by atoms with Crippen molar-refractivity contribution in [1.82, 2.24) is 14.3 Å². The number of thiol groups is 1. The van der Waals surface area contributed by atoms with Crippen molar-refractivity contribution in [3.8, 4) is 5.75 Å². The van der Waals surface area contributed by atoms with E-state index in [1.807, 2.05) is 7.05 Å². The Labute approximate surface area is 186 Å². The zero-order valence-corrected chi connectivity index (χ0v) is 19.6. The lowest BCUT2D eigenvalue weighted by atomic mass is 9.84. The van der Waals surface area contributed by atoms with Crippen molar-refractivity contribution >= 4 is 17.0 Å². The summed E-state index contributed by atoms with van der Waals surface area (Å²) in [5.74, 6) is -0.137. The van der Waals surface area contributed by atoms with Gasteiger partial charge in [0.2, 0.25) is 0 Å². The SMILES string of the molecule is CN[SH]1NC(c2ccc(OCCCOC)c(C(F)(F)F)c2)=C1CN1CCCC(C)(C)C1. The van der Waals surface area contributed by atoms with Crippen LogP contribution in [0.25, 0.3) is 5.70 Å². The topological polar surface area (TPSA) is 45.8 Å². The molecule has 3 rings (SSSR count). The molecule has 2 aliphatic heterocycles. The van der Waals surface area contributed by atoms with Gasteiger partial charge in [-0.15, -0.1) is 0 Å². The van der Waals surface area contributed by atoms with Crippen LogP contribution in [0.4, 0.5) is 13.2 Å². The Balaban J connectivity index is 1.84. The van der Waals surface area contributed by atoms with Gasteiger partial charge in [0.05, 0.1) is 17.9 Å². The van der Waals surface area contributed by atoms with Crippen LogP contribution in [0.1, 0.15) is 44.2 Å². The number of rotatable bonds is 9. The van der Waals surface area contributed by atoms with Gasteiger partial charge >= 0.3 is 6.18 Å². The predicted molar refractivity (Wildman–Crippen MR) is 121 cm³/mol. The molecule has 1 aromatic rings. The van der Waals surface area contributed by atoms with Crippen molar-refractivity contribution in [2.75, 3.05) is 47.0 Å². The fourth-order valence-electron chi connectivity index (χ4n) is 4.18. The van der Waals surface area contributed by atoms with Crippen molar-refractivity contribution < 1.29 is 22.6 Å². The smallest absolute Gasteiger partial charge is 0.419 e. The molecular weight excluding hydrogens is 427 g/mol. The normalized spacial score (nSPS) is 22.7. The predicted octanol–water partition coefficient (Wildman–Crippen LogP) is 4.57. The maximum Gasteiger partial charge on any atom is 0.419 e. The van der Waals surface area contributed by atoms with Crippen LogP contribution >= 0.6 is 11.3 Å². The lowest BCUT2D eigenvalue weighted by Gasteiger charge is -2.44. The molecule has 1 aromatic carbocycles. The van der Waals surface area contributed by atoms with Gasteiger partial charge in [-0.05, 0) is 50.0 Å². The van der Waals surface area contributed by atoms with Gasteiger partial charge in [0, 0.05) is 43.7 Å². The number of nitrogens with one attached hydrogen (secondary N) is 2. The van der Waals surface area contributed by atoms with Gasteiger partial charge in [0.15, 0.2) is 0 Å². The average molecular weight is 462 g/mol. The van der Waals surface area contributed by atoms with E-state index in [0.717, 1.165) is 36.7 Å². The zero-order valence-electron chi connectivity index (χ0n) is 18.7. The van der Waals surface area contributed by atoms with Crippen molar-refractivity contribution in [3.05, 3.63) is 34.2 Å². The van der Waals surface area contributed by atoms with E-state index in [1.165, 1.54) is 18.6 Å². The maximum atomic E-state index is 13.7. The minimum atomic E-state index is -4.48. The molecule has 2 heterocycles. The Morgan fingerprint density at radius 3 is 2.68 bits per heavy atom. The van der Waals surface area contributed by atoms with Gasteiger partial charge in [-0.2, -0.15) is 13.2 Å². The number of halogens is 3. The van der Waals surface area contributed by atoms with Crippen LogP contribution in [0, 0.1) is 5.41 Å². The summed E-state index contributed by atoms with van der Waals surface area (Å²) in [6.07, 6.45) is -1.60. The number of nitrogens with zero attached hydrogens (tertiary/aromatic N) is 1. The summed E-state index contributed by atoms with van der Waals surface area (Å²) in [6, 6.07) is 4.35. The van der Waals surface area contributed by atoms with Gasteiger partial charge < -0.3 is 14.2 Å². The quantitative estimate of drug-likeness (QED) is 0.372. The first-order valence-corrected chi connectivity index (χ1v) is 12.0. The molecule has 2 aliphatic rings. The maximum absolute atomic E-state index is 13.7. The first-order valence-electron chi connectivity index (χ1n) is 10.7. The fourth-order valence-corrected chi connectivity index (χ4v) is 5.77. The first-order chi connectivity index (χ1) is 14.6. The highest BCUT2D eigenvalue weighted by molar-refractivity contribution is 8.18. The van der Waals surface area contributed by atoms with Crippen molar-refractivity contribution in [3.63, 3.8) is 0 Å². The van der Waals surface area contributed by atoms with Crippen LogP contribution in [0.15, 0.2) is 23.1 Å². The summed E-state index contributed by atoms with van der Waals surface area (Å²) < 4.78 is 58.1. The minimum Gasteiger partial charge on any atom is -0.493 e. The van der Waals surface area contributed by atoms with E-state index in [1.54, 1.807) is 13.2 Å². The number of benzene rings is 1. The Kier molecular flexibility index (Phi) is 7.83. The van der Waals surface area contributed by atoms with E-state index in [-0.39, 0.29) is 17.8 Å². The molecule has 31 heavy (non-hydrogen) atoms. The molecule has 1 fully saturated rings. The number of alkyl halides is 3. The molecule has 1 atom stereocenters. The van der Waals surface area contributed by atoms with Crippen LogP contribution in [-0.4, -0.2) is 51.9 Å². The molecule has 1 unspecified atom stereocenters. The summed E-state index contributed by atoms with van der Waals surface area (Å²) in [7, 11) is 3.44. The highest BCUT2D eigenvalue weighted by Gasteiger charge is 2.37. The van der Waals surface area contributed by atoms with E-state index in [9.17, 15) is 13.2 Å². The van der Waals surface area contributed by atoms with Crippen LogP contribution in [-0.2, 0) is 10.9 Å². The summed E-state index contributed by atoms with van der Waals surface area (Å²) in [4.78, 5) is 3.58. The van der Waals surface area contributed by atoms with Crippen LogP contribution in [0.3, 0.4) is 0 Å². The third-order valence-electron chi connectivity index (χ3n) is 5.68. The molecule has 2 N–H and O–H groups in total. The lowest BCUT2D eigenvalue weighted by Crippen LogP contribution is -2.43. The summed E-state index contributed by atoms with van der Waals surface area (Å²) in [5.41, 5.74) is 0.886. The number of hydrogen-bond donors (Lipinski definition) is 3. The minimum absolute atomic E-state index is 0.137. The molecule has 0 radical (unpaired) electrons. The highest BCUT2D eigenvalue weighted by atomic mass is 32.2. The van der Waals surface area contributed by atoms with Crippen molar-refractivity contribution in [2.45, 2.75) is 39.3 Å².